The fraction of sp³-hybridized carbons (Fsp3) is 0.217. The Balaban J connectivity index is 1.28. The smallest absolute Gasteiger partial charge is 0.261 e. The molecule has 0 saturated carbocycles. The highest BCUT2D eigenvalue weighted by Gasteiger charge is 2.17. The van der Waals surface area contributed by atoms with Crippen LogP contribution >= 0.6 is 0 Å². The molecule has 0 radical (unpaired) electrons. The fourth-order valence-corrected chi connectivity index (χ4v) is 4.30. The van der Waals surface area contributed by atoms with Crippen LogP contribution in [-0.4, -0.2) is 34.8 Å². The molecule has 7 nitrogen and oxygen atoms in total. The summed E-state index contributed by atoms with van der Waals surface area (Å²) in [5.41, 5.74) is 1.29. The van der Waals surface area contributed by atoms with Crippen molar-refractivity contribution in [3.05, 3.63) is 78.1 Å². The zero-order valence-electron chi connectivity index (χ0n) is 17.2. The van der Waals surface area contributed by atoms with Crippen LogP contribution in [0.3, 0.4) is 0 Å². The highest BCUT2D eigenvalue weighted by atomic mass is 32.2. The maximum Gasteiger partial charge on any atom is 0.261 e. The third-order valence-corrected chi connectivity index (χ3v) is 6.06. The molecule has 1 aliphatic heterocycles. The average molecular weight is 459 g/mol. The van der Waals surface area contributed by atoms with Gasteiger partial charge in [0, 0.05) is 18.8 Å². The number of halogens is 1. The summed E-state index contributed by atoms with van der Waals surface area (Å²) in [5.74, 6) is 1.33. The van der Waals surface area contributed by atoms with Crippen molar-refractivity contribution in [1.82, 2.24) is 5.32 Å². The monoisotopic (exact) mass is 458 g/mol. The molecule has 0 amide bonds. The summed E-state index contributed by atoms with van der Waals surface area (Å²) in [6.07, 6.45) is 0. The van der Waals surface area contributed by atoms with Crippen molar-refractivity contribution in [2.24, 2.45) is 0 Å². The predicted molar refractivity (Wildman–Crippen MR) is 118 cm³/mol. The van der Waals surface area contributed by atoms with Crippen LogP contribution in [0.2, 0.25) is 0 Å². The molecule has 0 aliphatic carbocycles. The maximum absolute atomic E-state index is 13.4. The largest absolute Gasteiger partial charge is 0.488 e. The van der Waals surface area contributed by atoms with Crippen LogP contribution in [0.15, 0.2) is 71.6 Å². The molecule has 2 N–H and O–H groups in total. The number of anilines is 1. The van der Waals surface area contributed by atoms with E-state index in [-0.39, 0.29) is 4.90 Å². The lowest BCUT2D eigenvalue weighted by Gasteiger charge is -2.20. The van der Waals surface area contributed by atoms with Gasteiger partial charge in [0.1, 0.15) is 25.6 Å². The van der Waals surface area contributed by atoms with Crippen molar-refractivity contribution >= 4 is 15.7 Å². The molecular weight excluding hydrogens is 435 g/mol. The number of ether oxygens (including phenoxy) is 3. The van der Waals surface area contributed by atoms with E-state index in [0.717, 1.165) is 11.6 Å². The van der Waals surface area contributed by atoms with E-state index >= 15 is 0 Å². The molecule has 1 heterocycles. The minimum atomic E-state index is -3.87. The molecule has 0 saturated heterocycles. The highest BCUT2D eigenvalue weighted by molar-refractivity contribution is 7.92. The number of rotatable bonds is 9. The standard InChI is InChI=1S/C23H23FN2O5S/c24-18-5-2-7-20(15-18)32(27,28)26-19-6-1-4-17(14-19)16-25-10-11-29-21-8-3-9-22-23(21)31-13-12-30-22/h1-9,14-15,25-26H,10-13,16H2. The van der Waals surface area contributed by atoms with Crippen LogP contribution in [0, 0.1) is 5.82 Å². The Kier molecular flexibility index (Phi) is 6.77. The Bertz CT molecular complexity index is 1190. The molecule has 0 bridgehead atoms. The predicted octanol–water partition coefficient (Wildman–Crippen LogP) is 3.57. The zero-order valence-corrected chi connectivity index (χ0v) is 18.0. The number of para-hydroxylation sites is 1. The number of hydrogen-bond acceptors (Lipinski definition) is 6. The molecule has 1 aliphatic rings. The Morgan fingerprint density at radius 1 is 0.969 bits per heavy atom. The second-order valence-electron chi connectivity index (χ2n) is 7.07. The first-order valence-corrected chi connectivity index (χ1v) is 11.6. The van der Waals surface area contributed by atoms with Gasteiger partial charge in [-0.3, -0.25) is 4.72 Å². The van der Waals surface area contributed by atoms with Gasteiger partial charge in [-0.25, -0.2) is 12.8 Å². The summed E-state index contributed by atoms with van der Waals surface area (Å²) < 4.78 is 57.8. The first-order chi connectivity index (χ1) is 15.5. The lowest BCUT2D eigenvalue weighted by atomic mass is 10.2. The van der Waals surface area contributed by atoms with Crippen molar-refractivity contribution in [3.63, 3.8) is 0 Å². The van der Waals surface area contributed by atoms with E-state index < -0.39 is 15.8 Å². The number of benzene rings is 3. The molecule has 32 heavy (non-hydrogen) atoms. The van der Waals surface area contributed by atoms with E-state index in [4.69, 9.17) is 14.2 Å². The number of nitrogens with one attached hydrogen (secondary N) is 2. The minimum Gasteiger partial charge on any atom is -0.488 e. The van der Waals surface area contributed by atoms with Crippen molar-refractivity contribution in [1.29, 1.82) is 0 Å². The second kappa shape index (κ2) is 9.88. The summed E-state index contributed by atoms with van der Waals surface area (Å²) in [4.78, 5) is -0.129. The van der Waals surface area contributed by atoms with Crippen molar-refractivity contribution in [2.75, 3.05) is 31.1 Å². The van der Waals surface area contributed by atoms with Gasteiger partial charge < -0.3 is 19.5 Å². The zero-order chi connectivity index (χ0) is 22.4. The fourth-order valence-electron chi connectivity index (χ4n) is 3.22. The molecule has 3 aromatic rings. The molecule has 0 fully saturated rings. The normalized spacial score (nSPS) is 12.9. The minimum absolute atomic E-state index is 0.129. The third-order valence-electron chi connectivity index (χ3n) is 4.68. The van der Waals surface area contributed by atoms with E-state index in [1.165, 1.54) is 18.2 Å². The third kappa shape index (κ3) is 5.49. The van der Waals surface area contributed by atoms with E-state index in [1.807, 2.05) is 24.3 Å². The van der Waals surface area contributed by atoms with E-state index in [1.54, 1.807) is 18.2 Å². The lowest BCUT2D eigenvalue weighted by molar-refractivity contribution is 0.162. The van der Waals surface area contributed by atoms with Gasteiger partial charge in [0.25, 0.3) is 10.0 Å². The van der Waals surface area contributed by atoms with Crippen molar-refractivity contribution < 1.29 is 27.0 Å². The van der Waals surface area contributed by atoms with E-state index in [9.17, 15) is 12.8 Å². The van der Waals surface area contributed by atoms with Crippen molar-refractivity contribution in [3.8, 4) is 17.2 Å². The van der Waals surface area contributed by atoms with E-state index in [2.05, 4.69) is 10.0 Å². The van der Waals surface area contributed by atoms with Gasteiger partial charge in [-0.15, -0.1) is 0 Å². The van der Waals surface area contributed by atoms with E-state index in [0.29, 0.717) is 55.8 Å². The van der Waals surface area contributed by atoms with Gasteiger partial charge in [-0.05, 0) is 48.0 Å². The number of sulfonamides is 1. The molecule has 0 aromatic heterocycles. The lowest BCUT2D eigenvalue weighted by Crippen LogP contribution is -2.21. The Labute approximate surface area is 186 Å². The van der Waals surface area contributed by atoms with Crippen LogP contribution < -0.4 is 24.2 Å². The Morgan fingerprint density at radius 3 is 2.66 bits per heavy atom. The van der Waals surface area contributed by atoms with Crippen LogP contribution in [0.25, 0.3) is 0 Å². The summed E-state index contributed by atoms with van der Waals surface area (Å²) in [6.45, 7) is 2.53. The van der Waals surface area contributed by atoms with Gasteiger partial charge in [0.2, 0.25) is 5.75 Å². The first-order valence-electron chi connectivity index (χ1n) is 10.1. The molecular formula is C23H23FN2O5S. The maximum atomic E-state index is 13.4. The van der Waals surface area contributed by atoms with Gasteiger partial charge in [0.05, 0.1) is 4.90 Å². The molecule has 0 atom stereocenters. The molecule has 0 spiro atoms. The molecule has 0 unspecified atom stereocenters. The molecule has 9 heteroatoms. The Hall–Kier alpha value is -3.30. The quantitative estimate of drug-likeness (QED) is 0.477. The molecule has 168 valence electrons. The second-order valence-corrected chi connectivity index (χ2v) is 8.75. The van der Waals surface area contributed by atoms with Crippen molar-refractivity contribution in [2.45, 2.75) is 11.4 Å². The van der Waals surface area contributed by atoms with Gasteiger partial charge in [-0.1, -0.05) is 24.3 Å². The van der Waals surface area contributed by atoms with Crippen LogP contribution in [0.5, 0.6) is 17.2 Å². The van der Waals surface area contributed by atoms with Crippen LogP contribution in [-0.2, 0) is 16.6 Å². The van der Waals surface area contributed by atoms with Gasteiger partial charge >= 0.3 is 0 Å². The SMILES string of the molecule is O=S(=O)(Nc1cccc(CNCCOc2cccc3c2OCCO3)c1)c1cccc(F)c1. The molecule has 4 rings (SSSR count). The Morgan fingerprint density at radius 2 is 1.78 bits per heavy atom. The number of fused-ring (bicyclic) bond motifs is 1. The average Bonchev–Trinajstić information content (AvgIpc) is 2.79. The number of hydrogen-bond donors (Lipinski definition) is 2. The van der Waals surface area contributed by atoms with Gasteiger partial charge in [0.15, 0.2) is 11.5 Å². The topological polar surface area (TPSA) is 85.9 Å². The van der Waals surface area contributed by atoms with Crippen LogP contribution in [0.4, 0.5) is 10.1 Å². The molecule has 3 aromatic carbocycles. The van der Waals surface area contributed by atoms with Gasteiger partial charge in [-0.2, -0.15) is 0 Å². The highest BCUT2D eigenvalue weighted by Crippen LogP contribution is 2.38. The summed E-state index contributed by atoms with van der Waals surface area (Å²) in [6, 6.07) is 17.4. The summed E-state index contributed by atoms with van der Waals surface area (Å²) in [5, 5.41) is 3.26. The summed E-state index contributed by atoms with van der Waals surface area (Å²) >= 11 is 0. The first kappa shape index (κ1) is 21.9. The summed E-state index contributed by atoms with van der Waals surface area (Å²) in [7, 11) is -3.87. The van der Waals surface area contributed by atoms with Crippen LogP contribution in [0.1, 0.15) is 5.56 Å².